The second-order valence-electron chi connectivity index (χ2n) is 4.88. The first-order valence-corrected chi connectivity index (χ1v) is 8.77. The molecule has 0 aliphatic carbocycles. The highest BCUT2D eigenvalue weighted by atomic mass is 35.5. The number of anilines is 1. The largest absolute Gasteiger partial charge is 0.326 e. The van der Waals surface area contributed by atoms with Crippen molar-refractivity contribution in [3.63, 3.8) is 0 Å². The Hall–Kier alpha value is -0.360. The second kappa shape index (κ2) is 7.59. The Morgan fingerprint density at radius 1 is 1.30 bits per heavy atom. The van der Waals surface area contributed by atoms with Crippen molar-refractivity contribution < 1.29 is 4.79 Å². The van der Waals surface area contributed by atoms with Gasteiger partial charge >= 0.3 is 0 Å². The van der Waals surface area contributed by atoms with Crippen molar-refractivity contribution >= 4 is 47.5 Å². The lowest BCUT2D eigenvalue weighted by molar-refractivity contribution is -0.119. The van der Waals surface area contributed by atoms with Gasteiger partial charge in [0.1, 0.15) is 0 Å². The van der Waals surface area contributed by atoms with Crippen LogP contribution in [0.1, 0.15) is 16.6 Å². The zero-order valence-electron chi connectivity index (χ0n) is 11.1. The molecule has 3 rings (SSSR count). The standard InChI is InChI=1S/C14H18N2OS2.ClH/c17-13(11-4-5-15-9-11)16-12-3-1-2-10(8-12)14-18-6-7-19-14;/h1-3,8,11,14-15H,4-7,9H2,(H,16,17);1H. The first-order chi connectivity index (χ1) is 9.33. The molecular weight excluding hydrogens is 312 g/mol. The summed E-state index contributed by atoms with van der Waals surface area (Å²) < 4.78 is 0.532. The summed E-state index contributed by atoms with van der Waals surface area (Å²) >= 11 is 3.98. The highest BCUT2D eigenvalue weighted by molar-refractivity contribution is 8.19. The summed E-state index contributed by atoms with van der Waals surface area (Å²) in [7, 11) is 0. The monoisotopic (exact) mass is 330 g/mol. The van der Waals surface area contributed by atoms with Crippen LogP contribution < -0.4 is 10.6 Å². The van der Waals surface area contributed by atoms with E-state index < -0.39 is 0 Å². The molecule has 2 heterocycles. The lowest BCUT2D eigenvalue weighted by atomic mass is 10.1. The van der Waals surface area contributed by atoms with E-state index in [0.717, 1.165) is 25.2 Å². The van der Waals surface area contributed by atoms with Gasteiger partial charge < -0.3 is 10.6 Å². The Morgan fingerprint density at radius 2 is 2.10 bits per heavy atom. The molecule has 1 amide bonds. The molecule has 0 aromatic heterocycles. The summed E-state index contributed by atoms with van der Waals surface area (Å²) in [4.78, 5) is 12.1. The summed E-state index contributed by atoms with van der Waals surface area (Å²) in [6, 6.07) is 8.30. The number of hydrogen-bond acceptors (Lipinski definition) is 4. The van der Waals surface area contributed by atoms with Gasteiger partial charge in [-0.2, -0.15) is 0 Å². The number of halogens is 1. The molecule has 1 aromatic carbocycles. The molecule has 2 saturated heterocycles. The number of rotatable bonds is 3. The molecule has 2 N–H and O–H groups in total. The van der Waals surface area contributed by atoms with E-state index in [4.69, 9.17) is 0 Å². The van der Waals surface area contributed by atoms with Crippen molar-refractivity contribution in [2.75, 3.05) is 29.9 Å². The average Bonchev–Trinajstić information content (AvgIpc) is 3.13. The summed E-state index contributed by atoms with van der Waals surface area (Å²) in [5.41, 5.74) is 2.25. The minimum Gasteiger partial charge on any atom is -0.326 e. The first-order valence-electron chi connectivity index (χ1n) is 6.68. The maximum atomic E-state index is 12.1. The molecule has 2 aliphatic heterocycles. The molecule has 2 fully saturated rings. The molecule has 1 atom stereocenters. The fraction of sp³-hybridized carbons (Fsp3) is 0.500. The van der Waals surface area contributed by atoms with Crippen LogP contribution in [0.4, 0.5) is 5.69 Å². The Balaban J connectivity index is 0.00000147. The number of nitrogens with one attached hydrogen (secondary N) is 2. The van der Waals surface area contributed by atoms with E-state index in [9.17, 15) is 4.79 Å². The topological polar surface area (TPSA) is 41.1 Å². The van der Waals surface area contributed by atoms with Crippen LogP contribution in [0.15, 0.2) is 24.3 Å². The summed E-state index contributed by atoms with van der Waals surface area (Å²) in [5, 5.41) is 6.28. The Labute approximate surface area is 134 Å². The molecule has 1 aromatic rings. The highest BCUT2D eigenvalue weighted by Crippen LogP contribution is 2.45. The van der Waals surface area contributed by atoms with Crippen molar-refractivity contribution in [1.29, 1.82) is 0 Å². The van der Waals surface area contributed by atoms with Gasteiger partial charge in [-0.05, 0) is 30.7 Å². The molecule has 20 heavy (non-hydrogen) atoms. The van der Waals surface area contributed by atoms with Crippen molar-refractivity contribution in [3.05, 3.63) is 29.8 Å². The third kappa shape index (κ3) is 3.85. The molecule has 6 heteroatoms. The van der Waals surface area contributed by atoms with E-state index in [0.29, 0.717) is 4.58 Å². The van der Waals surface area contributed by atoms with Crippen LogP contribution in [-0.4, -0.2) is 30.5 Å². The van der Waals surface area contributed by atoms with E-state index in [1.165, 1.54) is 17.1 Å². The van der Waals surface area contributed by atoms with Gasteiger partial charge in [0, 0.05) is 23.7 Å². The molecule has 0 saturated carbocycles. The van der Waals surface area contributed by atoms with E-state index in [1.807, 2.05) is 35.7 Å². The van der Waals surface area contributed by atoms with Crippen LogP contribution in [0.25, 0.3) is 0 Å². The predicted octanol–water partition coefficient (Wildman–Crippen LogP) is 3.14. The van der Waals surface area contributed by atoms with Crippen LogP contribution in [0.2, 0.25) is 0 Å². The normalized spacial score (nSPS) is 22.5. The third-order valence-corrected chi connectivity index (χ3v) is 6.58. The zero-order chi connectivity index (χ0) is 13.1. The smallest absolute Gasteiger partial charge is 0.228 e. The molecular formula is C14H19ClN2OS2. The van der Waals surface area contributed by atoms with Crippen molar-refractivity contribution in [1.82, 2.24) is 5.32 Å². The highest BCUT2D eigenvalue weighted by Gasteiger charge is 2.23. The molecule has 2 aliphatic rings. The SMILES string of the molecule is Cl.O=C(Nc1cccc(C2SCCS2)c1)C1CCNC1. The third-order valence-electron chi connectivity index (χ3n) is 3.48. The van der Waals surface area contributed by atoms with Crippen LogP contribution in [0, 0.1) is 5.92 Å². The number of carbonyl (C=O) groups is 1. The van der Waals surface area contributed by atoms with Gasteiger partial charge in [-0.25, -0.2) is 0 Å². The van der Waals surface area contributed by atoms with Gasteiger partial charge in [0.2, 0.25) is 5.91 Å². The van der Waals surface area contributed by atoms with Gasteiger partial charge in [-0.1, -0.05) is 12.1 Å². The zero-order valence-corrected chi connectivity index (χ0v) is 13.6. The molecule has 1 unspecified atom stereocenters. The van der Waals surface area contributed by atoms with E-state index in [-0.39, 0.29) is 24.2 Å². The minimum absolute atomic E-state index is 0. The molecule has 3 nitrogen and oxygen atoms in total. The van der Waals surface area contributed by atoms with Crippen LogP contribution in [0.3, 0.4) is 0 Å². The lowest BCUT2D eigenvalue weighted by Gasteiger charge is -2.13. The summed E-state index contributed by atoms with van der Waals surface area (Å²) in [6.45, 7) is 1.76. The minimum atomic E-state index is 0. The van der Waals surface area contributed by atoms with Crippen LogP contribution in [-0.2, 0) is 4.79 Å². The number of amides is 1. The van der Waals surface area contributed by atoms with E-state index in [2.05, 4.69) is 22.8 Å². The fourth-order valence-electron chi connectivity index (χ4n) is 2.44. The van der Waals surface area contributed by atoms with Crippen molar-refractivity contribution in [2.45, 2.75) is 11.0 Å². The van der Waals surface area contributed by atoms with E-state index in [1.54, 1.807) is 0 Å². The summed E-state index contributed by atoms with van der Waals surface area (Å²) in [6.07, 6.45) is 0.944. The number of hydrogen-bond donors (Lipinski definition) is 2. The second-order valence-corrected chi connectivity index (χ2v) is 7.60. The Bertz CT molecular complexity index is 460. The fourth-order valence-corrected chi connectivity index (χ4v) is 5.27. The molecule has 0 bridgehead atoms. The summed E-state index contributed by atoms with van der Waals surface area (Å²) in [5.74, 6) is 2.71. The number of benzene rings is 1. The van der Waals surface area contributed by atoms with Gasteiger partial charge in [0.05, 0.1) is 10.5 Å². The number of thioether (sulfide) groups is 2. The predicted molar refractivity (Wildman–Crippen MR) is 91.0 cm³/mol. The molecule has 0 radical (unpaired) electrons. The van der Waals surface area contributed by atoms with Gasteiger partial charge in [-0.3, -0.25) is 4.79 Å². The van der Waals surface area contributed by atoms with Gasteiger partial charge in [0.15, 0.2) is 0 Å². The molecule has 0 spiro atoms. The maximum absolute atomic E-state index is 12.1. The van der Waals surface area contributed by atoms with Crippen molar-refractivity contribution in [3.8, 4) is 0 Å². The lowest BCUT2D eigenvalue weighted by Crippen LogP contribution is -2.24. The quantitative estimate of drug-likeness (QED) is 0.893. The van der Waals surface area contributed by atoms with Gasteiger partial charge in [0.25, 0.3) is 0 Å². The molecule has 110 valence electrons. The van der Waals surface area contributed by atoms with Crippen LogP contribution in [0.5, 0.6) is 0 Å². The Morgan fingerprint density at radius 3 is 2.80 bits per heavy atom. The van der Waals surface area contributed by atoms with Crippen LogP contribution >= 0.6 is 35.9 Å². The Kier molecular flexibility index (Phi) is 6.08. The average molecular weight is 331 g/mol. The first kappa shape index (κ1) is 16.0. The number of carbonyl (C=O) groups excluding carboxylic acids is 1. The van der Waals surface area contributed by atoms with Crippen molar-refractivity contribution in [2.24, 2.45) is 5.92 Å². The van der Waals surface area contributed by atoms with E-state index >= 15 is 0 Å². The maximum Gasteiger partial charge on any atom is 0.228 e. The van der Waals surface area contributed by atoms with Gasteiger partial charge in [-0.15, -0.1) is 35.9 Å².